The van der Waals surface area contributed by atoms with Crippen molar-refractivity contribution in [2.24, 2.45) is 0 Å². The molecular weight excluding hydrogens is 432 g/mol. The molecule has 0 aliphatic carbocycles. The molecule has 180 valence electrons. The smallest absolute Gasteiger partial charge is 0.338 e. The van der Waals surface area contributed by atoms with Crippen molar-refractivity contribution in [2.45, 2.75) is 32.7 Å². The number of urea groups is 2. The Hall–Kier alpha value is -3.81. The number of benzene rings is 2. The van der Waals surface area contributed by atoms with Crippen molar-refractivity contribution >= 4 is 29.4 Å². The van der Waals surface area contributed by atoms with Crippen molar-refractivity contribution in [3.63, 3.8) is 0 Å². The Kier molecular flexibility index (Phi) is 8.29. The Labute approximate surface area is 200 Å². The zero-order valence-electron chi connectivity index (χ0n) is 20.1. The standard InChI is InChI=1S/C26H32N4O4/c1-5-7-16-30-23(18-12-9-8-10-13-18)21(24(31)34-6-2)22(28-26(30)33)19-14-11-15-20(17-19)27-25(32)29(3)4/h8-15,17,22H,5-7,16H2,1-4H3,(H,27,32)(H,28,33)/t22-/m1/s1. The van der Waals surface area contributed by atoms with Gasteiger partial charge in [-0.2, -0.15) is 0 Å². The molecule has 1 heterocycles. The van der Waals surface area contributed by atoms with E-state index in [-0.39, 0.29) is 18.7 Å². The SMILES string of the molecule is CCCCN1C(=O)N[C@H](c2cccc(NC(=O)N(C)C)c2)C(C(=O)OCC)=C1c1ccccc1. The molecule has 1 atom stereocenters. The van der Waals surface area contributed by atoms with Crippen LogP contribution < -0.4 is 10.6 Å². The Bertz CT molecular complexity index is 1070. The lowest BCUT2D eigenvalue weighted by Crippen LogP contribution is -2.48. The predicted octanol–water partition coefficient (Wildman–Crippen LogP) is 4.62. The second-order valence-electron chi connectivity index (χ2n) is 8.19. The molecule has 0 spiro atoms. The molecule has 0 unspecified atom stereocenters. The van der Waals surface area contributed by atoms with Crippen molar-refractivity contribution in [1.29, 1.82) is 0 Å². The molecule has 8 nitrogen and oxygen atoms in total. The van der Waals surface area contributed by atoms with E-state index >= 15 is 0 Å². The van der Waals surface area contributed by atoms with Crippen LogP contribution in [0, 0.1) is 0 Å². The number of amides is 4. The summed E-state index contributed by atoms with van der Waals surface area (Å²) in [5.74, 6) is -0.490. The van der Waals surface area contributed by atoms with Crippen molar-refractivity contribution in [3.8, 4) is 0 Å². The van der Waals surface area contributed by atoms with Gasteiger partial charge >= 0.3 is 18.0 Å². The average molecular weight is 465 g/mol. The molecular formula is C26H32N4O4. The number of nitrogens with zero attached hydrogens (tertiary/aromatic N) is 2. The van der Waals surface area contributed by atoms with E-state index < -0.39 is 12.0 Å². The molecule has 34 heavy (non-hydrogen) atoms. The van der Waals surface area contributed by atoms with Crippen molar-refractivity contribution in [3.05, 3.63) is 71.3 Å². The number of rotatable bonds is 8. The van der Waals surface area contributed by atoms with E-state index in [1.165, 1.54) is 4.90 Å². The summed E-state index contributed by atoms with van der Waals surface area (Å²) < 4.78 is 5.45. The Morgan fingerprint density at radius 3 is 2.47 bits per heavy atom. The maximum absolute atomic E-state index is 13.3. The van der Waals surface area contributed by atoms with E-state index in [1.807, 2.05) is 36.4 Å². The maximum atomic E-state index is 13.3. The highest BCUT2D eigenvalue weighted by Gasteiger charge is 2.38. The van der Waals surface area contributed by atoms with E-state index in [4.69, 9.17) is 4.74 Å². The third-order valence-corrected chi connectivity index (χ3v) is 5.48. The van der Waals surface area contributed by atoms with Gasteiger partial charge in [0.15, 0.2) is 0 Å². The van der Waals surface area contributed by atoms with Crippen molar-refractivity contribution in [2.75, 3.05) is 32.6 Å². The van der Waals surface area contributed by atoms with E-state index in [9.17, 15) is 14.4 Å². The lowest BCUT2D eigenvalue weighted by molar-refractivity contribution is -0.138. The highest BCUT2D eigenvalue weighted by molar-refractivity contribution is 6.04. The number of ether oxygens (including phenoxy) is 1. The first-order valence-electron chi connectivity index (χ1n) is 11.5. The first kappa shape index (κ1) is 24.8. The first-order valence-corrected chi connectivity index (χ1v) is 11.5. The third-order valence-electron chi connectivity index (χ3n) is 5.48. The molecule has 0 saturated heterocycles. The largest absolute Gasteiger partial charge is 0.463 e. The van der Waals surface area contributed by atoms with Crippen LogP contribution >= 0.6 is 0 Å². The van der Waals surface area contributed by atoms with Crippen LogP contribution in [0.15, 0.2) is 60.2 Å². The normalized spacial score (nSPS) is 15.6. The van der Waals surface area contributed by atoms with Gasteiger partial charge in [-0.25, -0.2) is 14.4 Å². The topological polar surface area (TPSA) is 91.0 Å². The minimum Gasteiger partial charge on any atom is -0.463 e. The van der Waals surface area contributed by atoms with Crippen LogP contribution in [-0.2, 0) is 9.53 Å². The summed E-state index contributed by atoms with van der Waals surface area (Å²) in [7, 11) is 3.30. The fraction of sp³-hybridized carbons (Fsp3) is 0.346. The molecule has 0 radical (unpaired) electrons. The van der Waals surface area contributed by atoms with Gasteiger partial charge in [0.05, 0.1) is 23.9 Å². The van der Waals surface area contributed by atoms with E-state index in [1.54, 1.807) is 44.1 Å². The predicted molar refractivity (Wildman–Crippen MR) is 132 cm³/mol. The molecule has 0 aromatic heterocycles. The third kappa shape index (κ3) is 5.57. The van der Waals surface area contributed by atoms with Gasteiger partial charge in [-0.3, -0.25) is 4.90 Å². The fourth-order valence-corrected chi connectivity index (χ4v) is 3.80. The molecule has 2 N–H and O–H groups in total. The lowest BCUT2D eigenvalue weighted by atomic mass is 9.91. The average Bonchev–Trinajstić information content (AvgIpc) is 2.83. The molecule has 8 heteroatoms. The highest BCUT2D eigenvalue weighted by Crippen LogP contribution is 2.37. The molecule has 0 saturated carbocycles. The minimum atomic E-state index is -0.740. The van der Waals surface area contributed by atoms with Crippen molar-refractivity contribution in [1.82, 2.24) is 15.1 Å². The summed E-state index contributed by atoms with van der Waals surface area (Å²) in [6.07, 6.45) is 1.69. The van der Waals surface area contributed by atoms with Gasteiger partial charge in [-0.1, -0.05) is 55.8 Å². The summed E-state index contributed by atoms with van der Waals surface area (Å²) in [6.45, 7) is 4.49. The Morgan fingerprint density at radius 1 is 1.09 bits per heavy atom. The second kappa shape index (κ2) is 11.4. The van der Waals surface area contributed by atoms with Gasteiger partial charge in [0, 0.05) is 26.3 Å². The van der Waals surface area contributed by atoms with Crippen LogP contribution in [0.2, 0.25) is 0 Å². The van der Waals surface area contributed by atoms with Crippen LogP contribution in [0.4, 0.5) is 15.3 Å². The van der Waals surface area contributed by atoms with Gasteiger partial charge in [-0.15, -0.1) is 0 Å². The quantitative estimate of drug-likeness (QED) is 0.558. The van der Waals surface area contributed by atoms with Crippen molar-refractivity contribution < 1.29 is 19.1 Å². The zero-order valence-corrected chi connectivity index (χ0v) is 20.1. The minimum absolute atomic E-state index is 0.207. The highest BCUT2D eigenvalue weighted by atomic mass is 16.5. The van der Waals surface area contributed by atoms with E-state index in [0.717, 1.165) is 18.4 Å². The summed E-state index contributed by atoms with van der Waals surface area (Å²) in [4.78, 5) is 41.8. The molecule has 0 fully saturated rings. The Morgan fingerprint density at radius 2 is 1.82 bits per heavy atom. The molecule has 1 aliphatic heterocycles. The van der Waals surface area contributed by atoms with Gasteiger partial charge in [-0.05, 0) is 36.6 Å². The Balaban J connectivity index is 2.17. The molecule has 3 rings (SSSR count). The number of carbonyl (C=O) groups is 3. The summed E-state index contributed by atoms with van der Waals surface area (Å²) in [5.41, 5.74) is 2.89. The zero-order chi connectivity index (χ0) is 24.7. The monoisotopic (exact) mass is 464 g/mol. The maximum Gasteiger partial charge on any atom is 0.338 e. The van der Waals surface area contributed by atoms with Crippen LogP contribution in [0.1, 0.15) is 43.9 Å². The summed E-state index contributed by atoms with van der Waals surface area (Å²) in [5, 5.41) is 5.80. The number of carbonyl (C=O) groups excluding carboxylic acids is 3. The number of hydrogen-bond donors (Lipinski definition) is 2. The van der Waals surface area contributed by atoms with Crippen LogP contribution in [0.25, 0.3) is 5.70 Å². The first-order chi connectivity index (χ1) is 16.4. The molecule has 1 aliphatic rings. The second-order valence-corrected chi connectivity index (χ2v) is 8.19. The number of nitrogens with one attached hydrogen (secondary N) is 2. The van der Waals surface area contributed by atoms with Gasteiger partial charge < -0.3 is 20.3 Å². The number of unbranched alkanes of at least 4 members (excludes halogenated alkanes) is 1. The molecule has 2 aromatic rings. The molecule has 2 aromatic carbocycles. The summed E-state index contributed by atoms with van der Waals surface area (Å²) >= 11 is 0. The van der Waals surface area contributed by atoms with Crippen LogP contribution in [0.5, 0.6) is 0 Å². The van der Waals surface area contributed by atoms with Crippen LogP contribution in [0.3, 0.4) is 0 Å². The number of hydrogen-bond acceptors (Lipinski definition) is 4. The molecule has 4 amide bonds. The van der Waals surface area contributed by atoms with Gasteiger partial charge in [0.1, 0.15) is 0 Å². The van der Waals surface area contributed by atoms with Gasteiger partial charge in [0.25, 0.3) is 0 Å². The van der Waals surface area contributed by atoms with E-state index in [2.05, 4.69) is 17.6 Å². The number of anilines is 1. The van der Waals surface area contributed by atoms with Gasteiger partial charge in [0.2, 0.25) is 0 Å². The number of esters is 1. The molecule has 0 bridgehead atoms. The summed E-state index contributed by atoms with van der Waals surface area (Å²) in [6, 6.07) is 15.2. The fourth-order valence-electron chi connectivity index (χ4n) is 3.80. The van der Waals surface area contributed by atoms with E-state index in [0.29, 0.717) is 29.1 Å². The lowest BCUT2D eigenvalue weighted by Gasteiger charge is -2.37. The van der Waals surface area contributed by atoms with Crippen LogP contribution in [-0.4, -0.2) is 55.1 Å².